The number of aryl methyl sites for hydroxylation is 1. The second kappa shape index (κ2) is 6.50. The van der Waals surface area contributed by atoms with Crippen LogP contribution in [-0.4, -0.2) is 9.97 Å². The van der Waals surface area contributed by atoms with Gasteiger partial charge in [-0.25, -0.2) is 9.97 Å². The summed E-state index contributed by atoms with van der Waals surface area (Å²) in [7, 11) is 0. The third kappa shape index (κ3) is 2.86. The first-order valence-corrected chi connectivity index (χ1v) is 10.8. The van der Waals surface area contributed by atoms with Crippen molar-refractivity contribution in [1.29, 1.82) is 0 Å². The van der Waals surface area contributed by atoms with Crippen molar-refractivity contribution in [2.24, 2.45) is 0 Å². The number of benzene rings is 3. The second-order valence-corrected chi connectivity index (χ2v) is 9.89. The molecule has 0 radical (unpaired) electrons. The molecule has 1 aromatic heterocycles. The molecule has 0 bridgehead atoms. The molecule has 0 aliphatic heterocycles. The van der Waals surface area contributed by atoms with E-state index in [4.69, 9.17) is 9.97 Å². The number of nitrogens with zero attached hydrogens (tertiary/aromatic N) is 2. The Bertz CT molecular complexity index is 1250. The van der Waals surface area contributed by atoms with E-state index in [1.165, 1.54) is 27.8 Å². The summed E-state index contributed by atoms with van der Waals surface area (Å²) in [4.78, 5) is 10.5. The minimum absolute atomic E-state index is 0.0392. The van der Waals surface area contributed by atoms with Crippen LogP contribution in [0, 0.1) is 6.92 Å². The molecule has 1 heterocycles. The Morgan fingerprint density at radius 3 is 1.83 bits per heavy atom. The lowest BCUT2D eigenvalue weighted by atomic mass is 9.83. The van der Waals surface area contributed by atoms with Gasteiger partial charge in [-0.3, -0.25) is 0 Å². The first-order chi connectivity index (χ1) is 14.3. The molecule has 4 aromatic rings. The molecule has 0 fully saturated rings. The SMILES string of the molecule is Cc1c(-c2ccccc2)c(-c2ccccc2)cc2nc3c(nc12)C(C)(C)CC3(C)C. The molecule has 2 nitrogen and oxygen atoms in total. The lowest BCUT2D eigenvalue weighted by molar-refractivity contribution is 0.397. The normalized spacial score (nSPS) is 16.6. The molecule has 1 aliphatic carbocycles. The Morgan fingerprint density at radius 1 is 0.700 bits per heavy atom. The van der Waals surface area contributed by atoms with Crippen LogP contribution in [-0.2, 0) is 10.8 Å². The van der Waals surface area contributed by atoms with E-state index in [9.17, 15) is 0 Å². The van der Waals surface area contributed by atoms with Gasteiger partial charge in [0, 0.05) is 10.8 Å². The van der Waals surface area contributed by atoms with Crippen molar-refractivity contribution in [2.75, 3.05) is 0 Å². The van der Waals surface area contributed by atoms with E-state index in [0.717, 1.165) is 28.8 Å². The highest BCUT2D eigenvalue weighted by Gasteiger charge is 2.45. The third-order valence-corrected chi connectivity index (χ3v) is 6.52. The van der Waals surface area contributed by atoms with Gasteiger partial charge in [0.1, 0.15) is 0 Å². The first kappa shape index (κ1) is 19.0. The van der Waals surface area contributed by atoms with Gasteiger partial charge in [-0.2, -0.15) is 0 Å². The molecule has 3 aromatic carbocycles. The largest absolute Gasteiger partial charge is 0.249 e. The zero-order chi connectivity index (χ0) is 21.1. The maximum Gasteiger partial charge on any atom is 0.0926 e. The van der Waals surface area contributed by atoms with Crippen LogP contribution in [0.2, 0.25) is 0 Å². The van der Waals surface area contributed by atoms with Crippen LogP contribution in [0.4, 0.5) is 0 Å². The summed E-state index contributed by atoms with van der Waals surface area (Å²) in [5, 5.41) is 0. The van der Waals surface area contributed by atoms with Crippen molar-refractivity contribution in [3.63, 3.8) is 0 Å². The Morgan fingerprint density at radius 2 is 1.23 bits per heavy atom. The summed E-state index contributed by atoms with van der Waals surface area (Å²) in [5.41, 5.74) is 10.5. The lowest BCUT2D eigenvalue weighted by Crippen LogP contribution is -2.18. The van der Waals surface area contributed by atoms with E-state index in [1.54, 1.807) is 0 Å². The number of aromatic nitrogens is 2. The molecule has 5 rings (SSSR count). The van der Waals surface area contributed by atoms with E-state index in [-0.39, 0.29) is 10.8 Å². The van der Waals surface area contributed by atoms with Gasteiger partial charge in [0.25, 0.3) is 0 Å². The molecule has 150 valence electrons. The molecular formula is C28H28N2. The Labute approximate surface area is 179 Å². The monoisotopic (exact) mass is 392 g/mol. The van der Waals surface area contributed by atoms with Gasteiger partial charge in [-0.05, 0) is 47.2 Å². The van der Waals surface area contributed by atoms with Gasteiger partial charge in [0.15, 0.2) is 0 Å². The fourth-order valence-corrected chi connectivity index (χ4v) is 5.39. The van der Waals surface area contributed by atoms with Crippen LogP contribution in [0.15, 0.2) is 66.7 Å². The highest BCUT2D eigenvalue weighted by atomic mass is 14.9. The quantitative estimate of drug-likeness (QED) is 0.359. The van der Waals surface area contributed by atoms with Crippen LogP contribution in [0.3, 0.4) is 0 Å². The number of hydrogen-bond acceptors (Lipinski definition) is 2. The average molecular weight is 393 g/mol. The van der Waals surface area contributed by atoms with E-state index in [0.29, 0.717) is 0 Å². The number of hydrogen-bond donors (Lipinski definition) is 0. The van der Waals surface area contributed by atoms with Crippen LogP contribution in [0.5, 0.6) is 0 Å². The Hall–Kier alpha value is -3.00. The number of fused-ring (bicyclic) bond motifs is 2. The van der Waals surface area contributed by atoms with Gasteiger partial charge in [0.2, 0.25) is 0 Å². The van der Waals surface area contributed by atoms with Gasteiger partial charge < -0.3 is 0 Å². The average Bonchev–Trinajstić information content (AvgIpc) is 2.91. The zero-order valence-electron chi connectivity index (χ0n) is 18.5. The van der Waals surface area contributed by atoms with Gasteiger partial charge >= 0.3 is 0 Å². The van der Waals surface area contributed by atoms with Crippen LogP contribution in [0.25, 0.3) is 33.3 Å². The predicted molar refractivity (Wildman–Crippen MR) is 126 cm³/mol. The summed E-state index contributed by atoms with van der Waals surface area (Å²) in [6.45, 7) is 11.4. The minimum Gasteiger partial charge on any atom is -0.249 e. The van der Waals surface area contributed by atoms with E-state index in [2.05, 4.69) is 101 Å². The van der Waals surface area contributed by atoms with Gasteiger partial charge in [-0.1, -0.05) is 88.4 Å². The fourth-order valence-electron chi connectivity index (χ4n) is 5.39. The molecule has 30 heavy (non-hydrogen) atoms. The smallest absolute Gasteiger partial charge is 0.0926 e. The summed E-state index contributed by atoms with van der Waals surface area (Å²) in [6, 6.07) is 23.5. The number of rotatable bonds is 2. The lowest BCUT2D eigenvalue weighted by Gasteiger charge is -2.21. The van der Waals surface area contributed by atoms with Crippen molar-refractivity contribution < 1.29 is 0 Å². The van der Waals surface area contributed by atoms with Crippen molar-refractivity contribution in [1.82, 2.24) is 9.97 Å². The van der Waals surface area contributed by atoms with E-state index < -0.39 is 0 Å². The molecule has 1 aliphatic rings. The summed E-state index contributed by atoms with van der Waals surface area (Å²) in [6.07, 6.45) is 1.07. The summed E-state index contributed by atoms with van der Waals surface area (Å²) >= 11 is 0. The van der Waals surface area contributed by atoms with E-state index in [1.807, 2.05) is 0 Å². The maximum atomic E-state index is 5.26. The molecule has 0 unspecified atom stereocenters. The molecular weight excluding hydrogens is 364 g/mol. The molecule has 2 heteroatoms. The van der Waals surface area contributed by atoms with Crippen molar-refractivity contribution >= 4 is 11.0 Å². The van der Waals surface area contributed by atoms with Crippen LogP contribution < -0.4 is 0 Å². The highest BCUT2D eigenvalue weighted by molar-refractivity contribution is 5.97. The molecule has 0 atom stereocenters. The molecule has 0 amide bonds. The first-order valence-electron chi connectivity index (χ1n) is 10.8. The van der Waals surface area contributed by atoms with E-state index >= 15 is 0 Å². The topological polar surface area (TPSA) is 25.8 Å². The van der Waals surface area contributed by atoms with Crippen molar-refractivity contribution in [3.8, 4) is 22.3 Å². The third-order valence-electron chi connectivity index (χ3n) is 6.52. The van der Waals surface area contributed by atoms with Gasteiger partial charge in [0.05, 0.1) is 22.4 Å². The van der Waals surface area contributed by atoms with Gasteiger partial charge in [-0.15, -0.1) is 0 Å². The molecule has 0 spiro atoms. The fraction of sp³-hybridized carbons (Fsp3) is 0.286. The zero-order valence-corrected chi connectivity index (χ0v) is 18.5. The Balaban J connectivity index is 1.89. The van der Waals surface area contributed by atoms with Crippen LogP contribution in [0.1, 0.15) is 51.1 Å². The Kier molecular flexibility index (Phi) is 4.12. The van der Waals surface area contributed by atoms with Crippen molar-refractivity contribution in [3.05, 3.63) is 83.7 Å². The molecule has 0 saturated carbocycles. The predicted octanol–water partition coefficient (Wildman–Crippen LogP) is 7.23. The summed E-state index contributed by atoms with van der Waals surface area (Å²) < 4.78 is 0. The highest BCUT2D eigenvalue weighted by Crippen LogP contribution is 2.49. The minimum atomic E-state index is 0.0392. The second-order valence-electron chi connectivity index (χ2n) is 9.89. The molecule has 0 N–H and O–H groups in total. The van der Waals surface area contributed by atoms with Crippen LogP contribution >= 0.6 is 0 Å². The molecule has 0 saturated heterocycles. The standard InChI is InChI=1S/C28H28N2/c1-18-23(20-14-10-7-11-15-20)21(19-12-8-6-9-13-19)16-22-24(18)30-26-25(29-22)27(2,3)17-28(26,4)5/h6-16H,17H2,1-5H3. The maximum absolute atomic E-state index is 5.26. The summed E-state index contributed by atoms with van der Waals surface area (Å²) in [5.74, 6) is 0. The van der Waals surface area contributed by atoms with Crippen molar-refractivity contribution in [2.45, 2.75) is 51.9 Å².